The summed E-state index contributed by atoms with van der Waals surface area (Å²) in [7, 11) is 0. The second-order valence-corrected chi connectivity index (χ2v) is 9.77. The number of carboxylic acids is 1. The predicted octanol–water partition coefficient (Wildman–Crippen LogP) is 7.64. The Morgan fingerprint density at radius 2 is 1.63 bits per heavy atom. The largest absolute Gasteiger partial charge is 0.481 e. The third-order valence-corrected chi connectivity index (χ3v) is 6.82. The number of rotatable bonds is 12. The molecule has 3 aromatic rings. The monoisotopic (exact) mass is 490 g/mol. The Balaban J connectivity index is 1.71. The third-order valence-electron chi connectivity index (χ3n) is 5.84. The second-order valence-electron chi connectivity index (χ2n) is 8.62. The van der Waals surface area contributed by atoms with Crippen molar-refractivity contribution in [2.24, 2.45) is 0 Å². The Morgan fingerprint density at radius 1 is 0.914 bits per heavy atom. The van der Waals surface area contributed by atoms with Crippen LogP contribution in [0.1, 0.15) is 56.7 Å². The Hall–Kier alpha value is -3.25. The summed E-state index contributed by atoms with van der Waals surface area (Å²) in [5.41, 5.74) is 2.62. The quantitative estimate of drug-likeness (QED) is 0.256. The Kier molecular flexibility index (Phi) is 10.2. The predicted molar refractivity (Wildman–Crippen MR) is 143 cm³/mol. The molecule has 0 aliphatic rings. The van der Waals surface area contributed by atoms with E-state index in [1.165, 1.54) is 6.42 Å². The highest BCUT2D eigenvalue weighted by Gasteiger charge is 2.21. The number of carbonyl (C=O) groups excluding carboxylic acids is 1. The van der Waals surface area contributed by atoms with Crippen LogP contribution in [-0.2, 0) is 11.2 Å². The van der Waals surface area contributed by atoms with Crippen LogP contribution < -0.4 is 5.32 Å². The smallest absolute Gasteiger partial charge is 0.322 e. The van der Waals surface area contributed by atoms with Crippen LogP contribution >= 0.6 is 11.8 Å². The minimum atomic E-state index is -0.846. The van der Waals surface area contributed by atoms with Gasteiger partial charge in [0.1, 0.15) is 0 Å². The van der Waals surface area contributed by atoms with Gasteiger partial charge in [0.25, 0.3) is 0 Å². The van der Waals surface area contributed by atoms with E-state index in [2.05, 4.69) is 31.3 Å². The molecule has 0 radical (unpaired) electrons. The van der Waals surface area contributed by atoms with E-state index in [1.54, 1.807) is 11.8 Å². The molecule has 3 rings (SSSR count). The molecular formula is C29H34N2O3S. The average molecular weight is 491 g/mol. The van der Waals surface area contributed by atoms with Gasteiger partial charge in [-0.25, -0.2) is 4.79 Å². The van der Waals surface area contributed by atoms with Crippen LogP contribution in [0.4, 0.5) is 10.5 Å². The zero-order chi connectivity index (χ0) is 25.0. The lowest BCUT2D eigenvalue weighted by molar-refractivity contribution is -0.136. The molecule has 2 N–H and O–H groups in total. The number of anilines is 1. The first-order valence-electron chi connectivity index (χ1n) is 12.2. The fraction of sp³-hybridized carbons (Fsp3) is 0.310. The number of hydrogen-bond donors (Lipinski definition) is 2. The highest BCUT2D eigenvalue weighted by molar-refractivity contribution is 7.99. The number of aliphatic carboxylic acids is 1. The van der Waals surface area contributed by atoms with E-state index in [0.717, 1.165) is 45.9 Å². The summed E-state index contributed by atoms with van der Waals surface area (Å²) >= 11 is 1.54. The zero-order valence-electron chi connectivity index (χ0n) is 20.4. The number of nitrogens with zero attached hydrogens (tertiary/aromatic N) is 1. The molecule has 184 valence electrons. The van der Waals surface area contributed by atoms with Gasteiger partial charge in [0.2, 0.25) is 0 Å². The first-order chi connectivity index (χ1) is 17.0. The van der Waals surface area contributed by atoms with E-state index < -0.39 is 5.97 Å². The number of carboxylic acid groups (broad SMARTS) is 1. The normalized spacial score (nSPS) is 11.6. The molecule has 0 saturated heterocycles. The molecule has 0 aliphatic carbocycles. The topological polar surface area (TPSA) is 69.6 Å². The van der Waals surface area contributed by atoms with Gasteiger partial charge in [0.05, 0.1) is 12.5 Å². The van der Waals surface area contributed by atoms with Gasteiger partial charge in [-0.1, -0.05) is 86.5 Å². The fourth-order valence-corrected chi connectivity index (χ4v) is 4.92. The molecule has 35 heavy (non-hydrogen) atoms. The summed E-state index contributed by atoms with van der Waals surface area (Å²) in [4.78, 5) is 28.2. The maximum absolute atomic E-state index is 13.4. The molecule has 5 nitrogen and oxygen atoms in total. The molecular weight excluding hydrogens is 456 g/mol. The van der Waals surface area contributed by atoms with Crippen LogP contribution in [-0.4, -0.2) is 28.6 Å². The molecule has 0 spiro atoms. The third kappa shape index (κ3) is 8.48. The SMILES string of the molecule is CCCCCCN(C(=O)Nc1cccc(Sc2cccc(CC(=O)O)c2)c1)C(C)c1ccccc1. The molecule has 0 saturated carbocycles. The maximum Gasteiger partial charge on any atom is 0.322 e. The minimum absolute atomic E-state index is 0.00180. The van der Waals surface area contributed by atoms with E-state index in [0.29, 0.717) is 6.54 Å². The summed E-state index contributed by atoms with van der Waals surface area (Å²) in [6.07, 6.45) is 4.40. The van der Waals surface area contributed by atoms with Crippen molar-refractivity contribution in [2.75, 3.05) is 11.9 Å². The summed E-state index contributed by atoms with van der Waals surface area (Å²) < 4.78 is 0. The number of urea groups is 1. The van der Waals surface area contributed by atoms with Crippen LogP contribution in [0.2, 0.25) is 0 Å². The fourth-order valence-electron chi connectivity index (χ4n) is 3.95. The molecule has 0 bridgehead atoms. The summed E-state index contributed by atoms with van der Waals surface area (Å²) in [5.74, 6) is -0.846. The van der Waals surface area contributed by atoms with Crippen LogP contribution in [0, 0.1) is 0 Å². The van der Waals surface area contributed by atoms with E-state index >= 15 is 0 Å². The molecule has 0 aromatic heterocycles. The van der Waals surface area contributed by atoms with Gasteiger partial charge in [-0.05, 0) is 54.8 Å². The number of amides is 2. The first kappa shape index (κ1) is 26.4. The Labute approximate surface area is 212 Å². The van der Waals surface area contributed by atoms with E-state index in [4.69, 9.17) is 5.11 Å². The van der Waals surface area contributed by atoms with Gasteiger partial charge < -0.3 is 15.3 Å². The van der Waals surface area contributed by atoms with Crippen molar-refractivity contribution < 1.29 is 14.7 Å². The number of hydrogen-bond acceptors (Lipinski definition) is 3. The zero-order valence-corrected chi connectivity index (χ0v) is 21.3. The van der Waals surface area contributed by atoms with Crippen LogP contribution in [0.3, 0.4) is 0 Å². The van der Waals surface area contributed by atoms with Gasteiger partial charge >= 0.3 is 12.0 Å². The van der Waals surface area contributed by atoms with Gasteiger partial charge in [-0.15, -0.1) is 0 Å². The molecule has 3 aromatic carbocycles. The van der Waals surface area contributed by atoms with Crippen LogP contribution in [0.15, 0.2) is 88.7 Å². The van der Waals surface area contributed by atoms with Gasteiger partial charge in [0.15, 0.2) is 0 Å². The lowest BCUT2D eigenvalue weighted by atomic mass is 10.1. The molecule has 0 aliphatic heterocycles. The number of unbranched alkanes of at least 4 members (excludes halogenated alkanes) is 3. The van der Waals surface area contributed by atoms with Crippen LogP contribution in [0.25, 0.3) is 0 Å². The Bertz CT molecular complexity index is 1100. The Morgan fingerprint density at radius 3 is 2.34 bits per heavy atom. The van der Waals surface area contributed by atoms with Crippen molar-refractivity contribution in [2.45, 2.75) is 61.8 Å². The van der Waals surface area contributed by atoms with Crippen molar-refractivity contribution in [3.05, 3.63) is 90.0 Å². The molecule has 1 atom stereocenters. The van der Waals surface area contributed by atoms with Crippen molar-refractivity contribution in [3.8, 4) is 0 Å². The summed E-state index contributed by atoms with van der Waals surface area (Å²) in [6, 6.07) is 25.3. The molecule has 0 heterocycles. The number of benzene rings is 3. The van der Waals surface area contributed by atoms with Crippen LogP contribution in [0.5, 0.6) is 0 Å². The summed E-state index contributed by atoms with van der Waals surface area (Å²) in [6.45, 7) is 4.96. The van der Waals surface area contributed by atoms with Crippen molar-refractivity contribution in [1.82, 2.24) is 4.90 Å². The van der Waals surface area contributed by atoms with Crippen molar-refractivity contribution >= 4 is 29.4 Å². The van der Waals surface area contributed by atoms with Crippen molar-refractivity contribution in [1.29, 1.82) is 0 Å². The minimum Gasteiger partial charge on any atom is -0.481 e. The van der Waals surface area contributed by atoms with E-state index in [9.17, 15) is 9.59 Å². The van der Waals surface area contributed by atoms with E-state index in [-0.39, 0.29) is 18.5 Å². The highest BCUT2D eigenvalue weighted by Crippen LogP contribution is 2.30. The lowest BCUT2D eigenvalue weighted by Crippen LogP contribution is -2.37. The highest BCUT2D eigenvalue weighted by atomic mass is 32.2. The maximum atomic E-state index is 13.4. The number of nitrogens with one attached hydrogen (secondary N) is 1. The summed E-state index contributed by atoms with van der Waals surface area (Å²) in [5, 5.41) is 12.1. The van der Waals surface area contributed by atoms with Gasteiger partial charge in [0, 0.05) is 22.0 Å². The van der Waals surface area contributed by atoms with Gasteiger partial charge in [-0.2, -0.15) is 0 Å². The molecule has 0 fully saturated rings. The average Bonchev–Trinajstić information content (AvgIpc) is 2.84. The number of carbonyl (C=O) groups is 2. The molecule has 1 unspecified atom stereocenters. The second kappa shape index (κ2) is 13.6. The molecule has 6 heteroatoms. The lowest BCUT2D eigenvalue weighted by Gasteiger charge is -2.30. The van der Waals surface area contributed by atoms with Gasteiger partial charge in [-0.3, -0.25) is 4.79 Å². The standard InChI is InChI=1S/C29H34N2O3S/c1-3-4-5-9-18-31(22(2)24-13-7-6-8-14-24)29(34)30-25-15-11-17-27(21-25)35-26-16-10-12-23(19-26)20-28(32)33/h6-8,10-17,19,21-22H,3-5,9,18,20H2,1-2H3,(H,30,34)(H,32,33). The molecule has 2 amide bonds. The van der Waals surface area contributed by atoms with E-state index in [1.807, 2.05) is 71.6 Å². The van der Waals surface area contributed by atoms with Crippen molar-refractivity contribution in [3.63, 3.8) is 0 Å². The first-order valence-corrected chi connectivity index (χ1v) is 13.0.